The van der Waals surface area contributed by atoms with Crippen LogP contribution in [0, 0.1) is 11.8 Å². The van der Waals surface area contributed by atoms with Gasteiger partial charge in [-0.25, -0.2) is 8.42 Å². The minimum Gasteiger partial charge on any atom is -0.207 e. The van der Waals surface area contributed by atoms with Gasteiger partial charge in [-0.1, -0.05) is 45.1 Å². The van der Waals surface area contributed by atoms with E-state index in [2.05, 4.69) is 32.5 Å². The van der Waals surface area contributed by atoms with Crippen LogP contribution in [0.5, 0.6) is 0 Å². The standard InChI is InChI=1S/C10H8BrCl2NO2S/c1-2-3-4-14-17(15,16)10-8(12)5-7(11)6-9(10)13/h5-6,14H,4H2,1H3. The van der Waals surface area contributed by atoms with Gasteiger partial charge in [0, 0.05) is 4.47 Å². The number of nitrogens with one attached hydrogen (secondary N) is 1. The number of sulfonamides is 1. The topological polar surface area (TPSA) is 46.2 Å². The summed E-state index contributed by atoms with van der Waals surface area (Å²) in [5, 5.41) is 0.114. The molecule has 7 heteroatoms. The minimum atomic E-state index is -3.75. The predicted molar refractivity (Wildman–Crippen MR) is 72.8 cm³/mol. The molecule has 0 radical (unpaired) electrons. The number of rotatable bonds is 3. The molecule has 0 saturated carbocycles. The van der Waals surface area contributed by atoms with Crippen LogP contribution in [0.1, 0.15) is 6.92 Å². The van der Waals surface area contributed by atoms with Crippen molar-refractivity contribution in [3.8, 4) is 11.8 Å². The molecule has 0 heterocycles. The van der Waals surface area contributed by atoms with E-state index in [-0.39, 0.29) is 21.5 Å². The van der Waals surface area contributed by atoms with E-state index in [9.17, 15) is 8.42 Å². The Balaban J connectivity index is 3.18. The fraction of sp³-hybridized carbons (Fsp3) is 0.200. The molecule has 0 fully saturated rings. The van der Waals surface area contributed by atoms with Crippen LogP contribution in [0.15, 0.2) is 21.5 Å². The van der Waals surface area contributed by atoms with Crippen molar-refractivity contribution in [1.82, 2.24) is 4.72 Å². The highest BCUT2D eigenvalue weighted by atomic mass is 79.9. The predicted octanol–water partition coefficient (Wildman–Crippen LogP) is 3.06. The molecule has 92 valence electrons. The van der Waals surface area contributed by atoms with E-state index >= 15 is 0 Å². The van der Waals surface area contributed by atoms with E-state index in [1.54, 1.807) is 6.92 Å². The number of halogens is 3. The van der Waals surface area contributed by atoms with Crippen LogP contribution in [-0.4, -0.2) is 15.0 Å². The van der Waals surface area contributed by atoms with Gasteiger partial charge in [0.2, 0.25) is 10.0 Å². The minimum absolute atomic E-state index is 0.0154. The molecule has 0 saturated heterocycles. The Kier molecular flexibility index (Phi) is 5.29. The summed E-state index contributed by atoms with van der Waals surface area (Å²) in [6, 6.07) is 2.93. The summed E-state index contributed by atoms with van der Waals surface area (Å²) in [5.74, 6) is 5.17. The summed E-state index contributed by atoms with van der Waals surface area (Å²) in [5.41, 5.74) is 0. The second-order valence-corrected chi connectivity index (χ2v) is 6.38. The molecular formula is C10H8BrCl2NO2S. The quantitative estimate of drug-likeness (QED) is 0.846. The first kappa shape index (κ1) is 14.8. The van der Waals surface area contributed by atoms with Gasteiger partial charge in [0.1, 0.15) is 4.90 Å². The molecule has 0 amide bonds. The van der Waals surface area contributed by atoms with Crippen LogP contribution in [0.25, 0.3) is 0 Å². The summed E-state index contributed by atoms with van der Waals surface area (Å²) in [7, 11) is -3.75. The van der Waals surface area contributed by atoms with Crippen LogP contribution in [0.3, 0.4) is 0 Å². The Bertz CT molecular complexity index is 567. The number of benzene rings is 1. The first-order chi connectivity index (χ1) is 7.88. The van der Waals surface area contributed by atoms with Gasteiger partial charge in [-0.05, 0) is 19.1 Å². The molecule has 0 atom stereocenters. The lowest BCUT2D eigenvalue weighted by Gasteiger charge is -2.08. The van der Waals surface area contributed by atoms with Crippen LogP contribution < -0.4 is 4.72 Å². The summed E-state index contributed by atoms with van der Waals surface area (Å²) in [4.78, 5) is -0.137. The highest BCUT2D eigenvalue weighted by molar-refractivity contribution is 9.10. The van der Waals surface area contributed by atoms with E-state index in [0.717, 1.165) is 0 Å². The van der Waals surface area contributed by atoms with Gasteiger partial charge >= 0.3 is 0 Å². The van der Waals surface area contributed by atoms with Gasteiger partial charge in [-0.2, -0.15) is 4.72 Å². The number of hydrogen-bond donors (Lipinski definition) is 1. The second kappa shape index (κ2) is 6.07. The van der Waals surface area contributed by atoms with Gasteiger partial charge in [0.05, 0.1) is 16.6 Å². The summed E-state index contributed by atoms with van der Waals surface area (Å²) >= 11 is 14.9. The molecule has 0 unspecified atom stereocenters. The van der Waals surface area contributed by atoms with E-state index < -0.39 is 10.0 Å². The van der Waals surface area contributed by atoms with Gasteiger partial charge in [0.15, 0.2) is 0 Å². The molecule has 0 aliphatic rings. The Morgan fingerprint density at radius 3 is 2.35 bits per heavy atom. The van der Waals surface area contributed by atoms with Gasteiger partial charge < -0.3 is 0 Å². The first-order valence-corrected chi connectivity index (χ1v) is 7.45. The summed E-state index contributed by atoms with van der Waals surface area (Å²) in [6.45, 7) is 1.63. The number of hydrogen-bond acceptors (Lipinski definition) is 2. The molecule has 1 rings (SSSR count). The average Bonchev–Trinajstić information content (AvgIpc) is 2.15. The van der Waals surface area contributed by atoms with Crippen LogP contribution >= 0.6 is 39.1 Å². The molecule has 0 aromatic heterocycles. The monoisotopic (exact) mass is 355 g/mol. The lowest BCUT2D eigenvalue weighted by atomic mass is 10.4. The van der Waals surface area contributed by atoms with E-state index in [1.807, 2.05) is 0 Å². The molecule has 1 aromatic rings. The van der Waals surface area contributed by atoms with Crippen LogP contribution in [-0.2, 0) is 10.0 Å². The molecular weight excluding hydrogens is 349 g/mol. The highest BCUT2D eigenvalue weighted by Gasteiger charge is 2.21. The Morgan fingerprint density at radius 2 is 1.88 bits per heavy atom. The van der Waals surface area contributed by atoms with Crippen LogP contribution in [0.2, 0.25) is 10.0 Å². The molecule has 3 nitrogen and oxygen atoms in total. The lowest BCUT2D eigenvalue weighted by Crippen LogP contribution is -2.24. The maximum Gasteiger partial charge on any atom is 0.244 e. The van der Waals surface area contributed by atoms with Crippen LogP contribution in [0.4, 0.5) is 0 Å². The van der Waals surface area contributed by atoms with E-state index in [0.29, 0.717) is 4.47 Å². The van der Waals surface area contributed by atoms with Crippen molar-refractivity contribution in [2.24, 2.45) is 0 Å². The third kappa shape index (κ3) is 3.87. The zero-order valence-corrected chi connectivity index (χ0v) is 12.6. The molecule has 0 aliphatic carbocycles. The zero-order chi connectivity index (χ0) is 13.1. The maximum atomic E-state index is 11.9. The zero-order valence-electron chi connectivity index (χ0n) is 8.72. The first-order valence-electron chi connectivity index (χ1n) is 4.42. The molecule has 1 N–H and O–H groups in total. The summed E-state index contributed by atoms with van der Waals surface area (Å²) < 4.78 is 26.7. The Morgan fingerprint density at radius 1 is 1.35 bits per heavy atom. The van der Waals surface area contributed by atoms with Crippen molar-refractivity contribution in [3.63, 3.8) is 0 Å². The molecule has 17 heavy (non-hydrogen) atoms. The third-order valence-electron chi connectivity index (χ3n) is 1.76. The second-order valence-electron chi connectivity index (χ2n) is 2.95. The van der Waals surface area contributed by atoms with Crippen molar-refractivity contribution >= 4 is 49.2 Å². The smallest absolute Gasteiger partial charge is 0.207 e. The Hall–Kier alpha value is -0.250. The summed E-state index contributed by atoms with van der Waals surface area (Å²) in [6.07, 6.45) is 0. The van der Waals surface area contributed by atoms with Crippen molar-refractivity contribution < 1.29 is 8.42 Å². The average molecular weight is 357 g/mol. The molecule has 0 aliphatic heterocycles. The Labute approximate surface area is 119 Å². The van der Waals surface area contributed by atoms with Crippen molar-refractivity contribution in [2.45, 2.75) is 11.8 Å². The highest BCUT2D eigenvalue weighted by Crippen LogP contribution is 2.32. The SMILES string of the molecule is CC#CCNS(=O)(=O)c1c(Cl)cc(Br)cc1Cl. The normalized spacial score (nSPS) is 10.8. The van der Waals surface area contributed by atoms with Gasteiger partial charge in [-0.15, -0.1) is 5.92 Å². The van der Waals surface area contributed by atoms with Crippen molar-refractivity contribution in [2.75, 3.05) is 6.54 Å². The fourth-order valence-electron chi connectivity index (χ4n) is 1.08. The largest absolute Gasteiger partial charge is 0.244 e. The third-order valence-corrected chi connectivity index (χ3v) is 4.54. The van der Waals surface area contributed by atoms with E-state index in [4.69, 9.17) is 23.2 Å². The van der Waals surface area contributed by atoms with E-state index in [1.165, 1.54) is 12.1 Å². The fourth-order valence-corrected chi connectivity index (χ4v) is 3.93. The molecule has 1 aromatic carbocycles. The van der Waals surface area contributed by atoms with Crippen molar-refractivity contribution in [1.29, 1.82) is 0 Å². The van der Waals surface area contributed by atoms with Crippen molar-refractivity contribution in [3.05, 3.63) is 26.7 Å². The maximum absolute atomic E-state index is 11.9. The van der Waals surface area contributed by atoms with Gasteiger partial charge in [0.25, 0.3) is 0 Å². The van der Waals surface area contributed by atoms with Gasteiger partial charge in [-0.3, -0.25) is 0 Å². The lowest BCUT2D eigenvalue weighted by molar-refractivity contribution is 0.586. The molecule has 0 bridgehead atoms. The molecule has 0 spiro atoms.